The van der Waals surface area contributed by atoms with E-state index in [2.05, 4.69) is 23.9 Å². The number of nitrogens with two attached hydrogens (primary N) is 1. The summed E-state index contributed by atoms with van der Waals surface area (Å²) in [6.07, 6.45) is 3.48. The van der Waals surface area contributed by atoms with E-state index in [9.17, 15) is 4.79 Å². The van der Waals surface area contributed by atoms with Gasteiger partial charge in [0.25, 0.3) is 5.56 Å². The quantitative estimate of drug-likeness (QED) is 0.823. The Morgan fingerprint density at radius 2 is 2.19 bits per heavy atom. The number of aromatic amines is 1. The van der Waals surface area contributed by atoms with Gasteiger partial charge in [-0.05, 0) is 12.8 Å². The Balaban J connectivity index is 2.60. The first-order chi connectivity index (χ1) is 7.67. The van der Waals surface area contributed by atoms with Crippen LogP contribution in [-0.4, -0.2) is 14.6 Å². The van der Waals surface area contributed by atoms with Crippen molar-refractivity contribution in [2.45, 2.75) is 32.6 Å². The Bertz CT molecular complexity index is 551. The number of anilines is 1. The molecule has 16 heavy (non-hydrogen) atoms. The first-order valence-electron chi connectivity index (χ1n) is 5.53. The van der Waals surface area contributed by atoms with Gasteiger partial charge in [-0.3, -0.25) is 9.89 Å². The summed E-state index contributed by atoms with van der Waals surface area (Å²) < 4.78 is 1.41. The maximum atomic E-state index is 11.7. The number of nitrogens with zero attached hydrogens (tertiary/aromatic N) is 2. The van der Waals surface area contributed by atoms with Gasteiger partial charge in [0.2, 0.25) is 0 Å². The van der Waals surface area contributed by atoms with Gasteiger partial charge in [0.05, 0.1) is 6.20 Å². The van der Waals surface area contributed by atoms with Crippen LogP contribution in [0.25, 0.3) is 5.65 Å². The fraction of sp³-hybridized carbons (Fsp3) is 0.455. The molecule has 0 spiro atoms. The lowest BCUT2D eigenvalue weighted by Crippen LogP contribution is -2.18. The molecule has 86 valence electrons. The van der Waals surface area contributed by atoms with E-state index in [1.165, 1.54) is 10.7 Å². The van der Waals surface area contributed by atoms with Crippen molar-refractivity contribution in [1.29, 1.82) is 0 Å². The highest BCUT2D eigenvalue weighted by molar-refractivity contribution is 5.45. The van der Waals surface area contributed by atoms with Gasteiger partial charge in [-0.2, -0.15) is 4.52 Å². The van der Waals surface area contributed by atoms with E-state index in [1.807, 2.05) is 6.07 Å². The molecule has 2 aromatic rings. The first kappa shape index (κ1) is 10.7. The molecule has 0 amide bonds. The van der Waals surface area contributed by atoms with Crippen LogP contribution in [0.4, 0.5) is 5.69 Å². The molecule has 0 radical (unpaired) electrons. The zero-order valence-corrected chi connectivity index (χ0v) is 9.53. The molecule has 0 aliphatic carbocycles. The summed E-state index contributed by atoms with van der Waals surface area (Å²) in [7, 11) is 0. The zero-order valence-electron chi connectivity index (χ0n) is 9.53. The van der Waals surface area contributed by atoms with Crippen LogP contribution >= 0.6 is 0 Å². The highest BCUT2D eigenvalue weighted by Crippen LogP contribution is 2.21. The SMILES string of the molecule is CCC(CC)c1cc2ncc(N)c(=O)n2[nH]1. The lowest BCUT2D eigenvalue weighted by molar-refractivity contribution is 0.615. The Morgan fingerprint density at radius 3 is 2.81 bits per heavy atom. The van der Waals surface area contributed by atoms with E-state index in [-0.39, 0.29) is 11.2 Å². The van der Waals surface area contributed by atoms with Crippen molar-refractivity contribution in [3.8, 4) is 0 Å². The van der Waals surface area contributed by atoms with Gasteiger partial charge >= 0.3 is 0 Å². The van der Waals surface area contributed by atoms with Crippen molar-refractivity contribution in [2.24, 2.45) is 0 Å². The van der Waals surface area contributed by atoms with Crippen LogP contribution in [0, 0.1) is 0 Å². The van der Waals surface area contributed by atoms with Gasteiger partial charge in [-0.1, -0.05) is 13.8 Å². The number of hydrogen-bond donors (Lipinski definition) is 2. The Hall–Kier alpha value is -1.78. The number of nitrogen functional groups attached to an aromatic ring is 1. The van der Waals surface area contributed by atoms with Crippen molar-refractivity contribution in [3.63, 3.8) is 0 Å². The average molecular weight is 220 g/mol. The Labute approximate surface area is 93.3 Å². The summed E-state index contributed by atoms with van der Waals surface area (Å²) in [6, 6.07) is 1.92. The van der Waals surface area contributed by atoms with Crippen molar-refractivity contribution in [2.75, 3.05) is 5.73 Å². The standard InChI is InChI=1S/C11H16N4O/c1-3-7(4-2)9-5-10-13-6-8(12)11(16)15(10)14-9/h5-7,14H,3-4,12H2,1-2H3. The number of rotatable bonds is 3. The largest absolute Gasteiger partial charge is 0.393 e. The van der Waals surface area contributed by atoms with Gasteiger partial charge in [-0.15, -0.1) is 0 Å². The number of aromatic nitrogens is 3. The minimum atomic E-state index is -0.234. The molecule has 5 nitrogen and oxygen atoms in total. The van der Waals surface area contributed by atoms with E-state index in [4.69, 9.17) is 5.73 Å². The molecule has 0 aliphatic rings. The maximum absolute atomic E-state index is 11.7. The van der Waals surface area contributed by atoms with Crippen LogP contribution in [0.3, 0.4) is 0 Å². The number of fused-ring (bicyclic) bond motifs is 1. The fourth-order valence-electron chi connectivity index (χ4n) is 1.93. The van der Waals surface area contributed by atoms with Gasteiger partial charge in [0.15, 0.2) is 5.65 Å². The molecule has 5 heteroatoms. The topological polar surface area (TPSA) is 76.2 Å². The fourth-order valence-corrected chi connectivity index (χ4v) is 1.93. The summed E-state index contributed by atoms with van der Waals surface area (Å²) in [5.41, 5.74) is 7.12. The first-order valence-corrected chi connectivity index (χ1v) is 5.53. The summed E-state index contributed by atoms with van der Waals surface area (Å²) in [4.78, 5) is 15.8. The minimum absolute atomic E-state index is 0.162. The summed E-state index contributed by atoms with van der Waals surface area (Å²) in [6.45, 7) is 4.26. The van der Waals surface area contributed by atoms with Gasteiger partial charge in [-0.25, -0.2) is 4.98 Å². The van der Waals surface area contributed by atoms with Crippen LogP contribution in [0.1, 0.15) is 38.3 Å². The third-order valence-corrected chi connectivity index (χ3v) is 2.97. The highest BCUT2D eigenvalue weighted by Gasteiger charge is 2.12. The van der Waals surface area contributed by atoms with E-state index in [0.717, 1.165) is 18.5 Å². The summed E-state index contributed by atoms with van der Waals surface area (Å²) in [5.74, 6) is 0.433. The lowest BCUT2D eigenvalue weighted by Gasteiger charge is -2.08. The summed E-state index contributed by atoms with van der Waals surface area (Å²) in [5, 5.41) is 3.07. The molecular formula is C11H16N4O. The Morgan fingerprint density at radius 1 is 1.50 bits per heavy atom. The number of nitrogens with one attached hydrogen (secondary N) is 1. The normalized spacial score (nSPS) is 11.4. The summed E-state index contributed by atoms with van der Waals surface area (Å²) >= 11 is 0. The second-order valence-electron chi connectivity index (χ2n) is 3.94. The van der Waals surface area contributed by atoms with E-state index >= 15 is 0 Å². The molecule has 0 fully saturated rings. The molecule has 0 bridgehead atoms. The average Bonchev–Trinajstić information content (AvgIpc) is 2.70. The van der Waals surface area contributed by atoms with Crippen LogP contribution in [-0.2, 0) is 0 Å². The second kappa shape index (κ2) is 4.00. The zero-order chi connectivity index (χ0) is 11.7. The number of hydrogen-bond acceptors (Lipinski definition) is 3. The Kier molecular flexibility index (Phi) is 2.68. The third kappa shape index (κ3) is 1.58. The predicted molar refractivity (Wildman–Crippen MR) is 63.5 cm³/mol. The van der Waals surface area contributed by atoms with Crippen LogP contribution in [0.2, 0.25) is 0 Å². The molecule has 0 unspecified atom stereocenters. The highest BCUT2D eigenvalue weighted by atomic mass is 16.1. The maximum Gasteiger partial charge on any atom is 0.295 e. The predicted octanol–water partition coefficient (Wildman–Crippen LogP) is 1.51. The van der Waals surface area contributed by atoms with Gasteiger partial charge < -0.3 is 5.73 Å². The molecule has 3 N–H and O–H groups in total. The van der Waals surface area contributed by atoms with Crippen molar-refractivity contribution in [1.82, 2.24) is 14.6 Å². The van der Waals surface area contributed by atoms with E-state index in [0.29, 0.717) is 11.6 Å². The molecule has 0 aromatic carbocycles. The molecule has 0 saturated heterocycles. The number of H-pyrrole nitrogens is 1. The van der Waals surface area contributed by atoms with Gasteiger partial charge in [0, 0.05) is 17.7 Å². The van der Waals surface area contributed by atoms with Crippen LogP contribution in [0.5, 0.6) is 0 Å². The van der Waals surface area contributed by atoms with Crippen LogP contribution in [0.15, 0.2) is 17.1 Å². The third-order valence-electron chi connectivity index (χ3n) is 2.97. The molecule has 2 rings (SSSR count). The minimum Gasteiger partial charge on any atom is -0.393 e. The van der Waals surface area contributed by atoms with Crippen molar-refractivity contribution >= 4 is 11.3 Å². The molecule has 0 atom stereocenters. The molecular weight excluding hydrogens is 204 g/mol. The second-order valence-corrected chi connectivity index (χ2v) is 3.94. The van der Waals surface area contributed by atoms with Crippen molar-refractivity contribution in [3.05, 3.63) is 28.3 Å². The molecule has 0 saturated carbocycles. The smallest absolute Gasteiger partial charge is 0.295 e. The lowest BCUT2D eigenvalue weighted by atomic mass is 10.00. The monoisotopic (exact) mass is 220 g/mol. The van der Waals surface area contributed by atoms with E-state index < -0.39 is 0 Å². The molecule has 0 aliphatic heterocycles. The van der Waals surface area contributed by atoms with Crippen molar-refractivity contribution < 1.29 is 0 Å². The molecule has 2 heterocycles. The van der Waals surface area contributed by atoms with Crippen LogP contribution < -0.4 is 11.3 Å². The van der Waals surface area contributed by atoms with Gasteiger partial charge in [0.1, 0.15) is 5.69 Å². The van der Waals surface area contributed by atoms with E-state index in [1.54, 1.807) is 0 Å². The molecule has 2 aromatic heterocycles.